The number of allylic oxidation sites excluding steroid dienone is 1. The van der Waals surface area contributed by atoms with Gasteiger partial charge < -0.3 is 10.8 Å². The fourth-order valence-corrected chi connectivity index (χ4v) is 6.61. The summed E-state index contributed by atoms with van der Waals surface area (Å²) >= 11 is 13.4. The van der Waals surface area contributed by atoms with Crippen LogP contribution in [0.1, 0.15) is 42.9 Å². The molecule has 2 aromatic carbocycles. The molecule has 0 spiro atoms. The lowest BCUT2D eigenvalue weighted by Gasteiger charge is -2.50. The molecule has 2 saturated heterocycles. The number of hydrogen-bond donors (Lipinski definition) is 2. The lowest BCUT2D eigenvalue weighted by Crippen LogP contribution is -2.58. The van der Waals surface area contributed by atoms with Gasteiger partial charge in [0.2, 0.25) is 0 Å². The van der Waals surface area contributed by atoms with E-state index in [0.29, 0.717) is 19.4 Å². The van der Waals surface area contributed by atoms with E-state index in [1.54, 1.807) is 6.21 Å². The van der Waals surface area contributed by atoms with Gasteiger partial charge in [-0.2, -0.15) is 0 Å². The van der Waals surface area contributed by atoms with Gasteiger partial charge in [-0.05, 0) is 55.0 Å². The molecule has 2 bridgehead atoms. The molecule has 0 radical (unpaired) electrons. The molecule has 0 amide bonds. The zero-order valence-electron chi connectivity index (χ0n) is 17.9. The van der Waals surface area contributed by atoms with Gasteiger partial charge in [0.15, 0.2) is 0 Å². The molecule has 4 nitrogen and oxygen atoms in total. The maximum Gasteiger partial charge on any atom is 0.0906 e. The highest BCUT2D eigenvalue weighted by atomic mass is 35.5. The highest BCUT2D eigenvalue weighted by Gasteiger charge is 2.54. The van der Waals surface area contributed by atoms with Gasteiger partial charge >= 0.3 is 0 Å². The van der Waals surface area contributed by atoms with Crippen LogP contribution in [0.25, 0.3) is 0 Å². The summed E-state index contributed by atoms with van der Waals surface area (Å²) in [5, 5.41) is 13.3. The second-order valence-corrected chi connectivity index (χ2v) is 10.1. The second kappa shape index (κ2) is 8.92. The van der Waals surface area contributed by atoms with E-state index in [4.69, 9.17) is 28.9 Å². The fourth-order valence-electron chi connectivity index (χ4n) is 6.14. The van der Waals surface area contributed by atoms with Crippen molar-refractivity contribution >= 4 is 29.4 Å². The number of benzene rings is 2. The Bertz CT molecular complexity index is 980. The van der Waals surface area contributed by atoms with Crippen molar-refractivity contribution in [3.05, 3.63) is 81.9 Å². The summed E-state index contributed by atoms with van der Waals surface area (Å²) < 4.78 is 0. The zero-order chi connectivity index (χ0) is 22.3. The number of fused-ring (bicyclic) bond motifs is 2. The molecule has 0 aromatic heterocycles. The average Bonchev–Trinajstić information content (AvgIpc) is 3.07. The average molecular weight is 470 g/mol. The van der Waals surface area contributed by atoms with Gasteiger partial charge in [-0.1, -0.05) is 65.7 Å². The van der Waals surface area contributed by atoms with E-state index in [1.807, 2.05) is 42.5 Å². The molecule has 5 rings (SSSR count). The van der Waals surface area contributed by atoms with Crippen LogP contribution < -0.4 is 5.73 Å². The summed E-state index contributed by atoms with van der Waals surface area (Å²) in [6.45, 7) is 0.488. The molecule has 0 aliphatic carbocycles. The number of nitrogens with zero attached hydrogens (tertiary/aromatic N) is 2. The number of halogens is 2. The molecule has 32 heavy (non-hydrogen) atoms. The Morgan fingerprint density at radius 3 is 2.09 bits per heavy atom. The lowest BCUT2D eigenvalue weighted by molar-refractivity contribution is -0.0822. The minimum atomic E-state index is -0.862. The summed E-state index contributed by atoms with van der Waals surface area (Å²) in [5.41, 5.74) is 7.28. The van der Waals surface area contributed by atoms with E-state index in [1.165, 1.54) is 0 Å². The summed E-state index contributed by atoms with van der Waals surface area (Å²) in [6.07, 6.45) is 9.24. The third-order valence-electron chi connectivity index (χ3n) is 7.47. The third kappa shape index (κ3) is 3.82. The maximum atomic E-state index is 11.8. The van der Waals surface area contributed by atoms with Crippen molar-refractivity contribution in [3.63, 3.8) is 0 Å². The predicted molar refractivity (Wildman–Crippen MR) is 132 cm³/mol. The Labute approximate surface area is 199 Å². The SMILES string of the molecule is NCC1C=CC=NC1C1(O)CC2CCC(C1)N2C(c1ccccc1Cl)c1ccccc1Cl. The predicted octanol–water partition coefficient (Wildman–Crippen LogP) is 5.02. The minimum absolute atomic E-state index is 0.0560. The van der Waals surface area contributed by atoms with E-state index < -0.39 is 5.60 Å². The summed E-state index contributed by atoms with van der Waals surface area (Å²) in [5.74, 6) is 0.0684. The number of piperidine rings is 1. The van der Waals surface area contributed by atoms with Crippen LogP contribution in [0, 0.1) is 5.92 Å². The van der Waals surface area contributed by atoms with E-state index in [-0.39, 0.29) is 30.1 Å². The molecular formula is C26H29Cl2N3O. The normalized spacial score (nSPS) is 32.0. The monoisotopic (exact) mass is 469 g/mol. The van der Waals surface area contributed by atoms with Gasteiger partial charge in [-0.15, -0.1) is 0 Å². The van der Waals surface area contributed by atoms with Gasteiger partial charge in [-0.25, -0.2) is 0 Å². The number of aliphatic imine (C=N–C) groups is 1. The first kappa shape index (κ1) is 22.1. The van der Waals surface area contributed by atoms with E-state index in [9.17, 15) is 5.11 Å². The quantitative estimate of drug-likeness (QED) is 0.645. The Hall–Kier alpha value is -1.69. The van der Waals surface area contributed by atoms with Crippen LogP contribution >= 0.6 is 23.2 Å². The van der Waals surface area contributed by atoms with Crippen molar-refractivity contribution < 1.29 is 5.11 Å². The van der Waals surface area contributed by atoms with Crippen molar-refractivity contribution in [2.75, 3.05) is 6.54 Å². The summed E-state index contributed by atoms with van der Waals surface area (Å²) in [7, 11) is 0. The summed E-state index contributed by atoms with van der Waals surface area (Å²) in [6, 6.07) is 16.2. The van der Waals surface area contributed by atoms with Crippen molar-refractivity contribution in [1.82, 2.24) is 4.90 Å². The Balaban J connectivity index is 1.53. The van der Waals surface area contributed by atoms with Gasteiger partial charge in [-0.3, -0.25) is 9.89 Å². The van der Waals surface area contributed by atoms with Crippen LogP contribution in [0.15, 0.2) is 65.7 Å². The topological polar surface area (TPSA) is 61.9 Å². The zero-order valence-corrected chi connectivity index (χ0v) is 19.5. The lowest BCUT2D eigenvalue weighted by atomic mass is 9.74. The molecule has 2 aromatic rings. The molecule has 3 heterocycles. The van der Waals surface area contributed by atoms with Gasteiger partial charge in [0, 0.05) is 40.8 Å². The Kier molecular flexibility index (Phi) is 6.17. The highest BCUT2D eigenvalue weighted by Crippen LogP contribution is 2.51. The third-order valence-corrected chi connectivity index (χ3v) is 8.16. The Morgan fingerprint density at radius 1 is 1.00 bits per heavy atom. The van der Waals surface area contributed by atoms with Crippen LogP contribution in [0.2, 0.25) is 10.0 Å². The van der Waals surface area contributed by atoms with Crippen molar-refractivity contribution in [2.45, 2.75) is 55.5 Å². The number of dihydropyridines is 1. The maximum absolute atomic E-state index is 11.8. The van der Waals surface area contributed by atoms with Crippen LogP contribution in [-0.2, 0) is 0 Å². The number of nitrogens with two attached hydrogens (primary N) is 1. The largest absolute Gasteiger partial charge is 0.388 e. The minimum Gasteiger partial charge on any atom is -0.388 e. The van der Waals surface area contributed by atoms with E-state index in [2.05, 4.69) is 28.1 Å². The first-order chi connectivity index (χ1) is 15.5. The molecule has 2 fully saturated rings. The molecule has 4 unspecified atom stereocenters. The molecule has 3 aliphatic heterocycles. The Morgan fingerprint density at radius 2 is 1.56 bits per heavy atom. The smallest absolute Gasteiger partial charge is 0.0906 e. The van der Waals surface area contributed by atoms with Gasteiger partial charge in [0.1, 0.15) is 0 Å². The molecule has 0 saturated carbocycles. The molecule has 3 aliphatic rings. The molecule has 6 heteroatoms. The molecular weight excluding hydrogens is 441 g/mol. The first-order valence-corrected chi connectivity index (χ1v) is 12.2. The first-order valence-electron chi connectivity index (χ1n) is 11.4. The van der Waals surface area contributed by atoms with Crippen LogP contribution in [-0.4, -0.2) is 46.5 Å². The summed E-state index contributed by atoms with van der Waals surface area (Å²) in [4.78, 5) is 7.24. The fraction of sp³-hybridized carbons (Fsp3) is 0.423. The number of hydrogen-bond acceptors (Lipinski definition) is 4. The van der Waals surface area contributed by atoms with Crippen LogP contribution in [0.4, 0.5) is 0 Å². The molecule has 4 atom stereocenters. The van der Waals surface area contributed by atoms with Crippen molar-refractivity contribution in [3.8, 4) is 0 Å². The highest BCUT2D eigenvalue weighted by molar-refractivity contribution is 6.32. The van der Waals surface area contributed by atoms with Crippen molar-refractivity contribution in [1.29, 1.82) is 0 Å². The molecule has 168 valence electrons. The van der Waals surface area contributed by atoms with E-state index in [0.717, 1.165) is 34.0 Å². The number of aliphatic hydroxyl groups is 1. The van der Waals surface area contributed by atoms with Crippen LogP contribution in [0.5, 0.6) is 0 Å². The number of rotatable bonds is 5. The standard InChI is InChI=1S/C26H29Cl2N3O/c27-22-9-3-1-7-20(22)24(21-8-2-4-10-23(21)28)31-18-11-12-19(31)15-26(32,14-18)25-17(16-29)6-5-13-30-25/h1-10,13,17-19,24-25,32H,11-12,14-16,29H2. The van der Waals surface area contributed by atoms with Gasteiger partial charge in [0.05, 0.1) is 17.7 Å². The van der Waals surface area contributed by atoms with Gasteiger partial charge in [0.25, 0.3) is 0 Å². The molecule has 3 N–H and O–H groups in total. The second-order valence-electron chi connectivity index (χ2n) is 9.32. The van der Waals surface area contributed by atoms with Crippen molar-refractivity contribution in [2.24, 2.45) is 16.6 Å². The van der Waals surface area contributed by atoms with E-state index >= 15 is 0 Å². The van der Waals surface area contributed by atoms with Crippen LogP contribution in [0.3, 0.4) is 0 Å².